The molecule has 0 radical (unpaired) electrons. The van der Waals surface area contributed by atoms with Crippen LogP contribution in [0.2, 0.25) is 0 Å². The van der Waals surface area contributed by atoms with E-state index in [2.05, 4.69) is 44.2 Å². The molecule has 3 heteroatoms. The van der Waals surface area contributed by atoms with Gasteiger partial charge < -0.3 is 4.98 Å². The number of pyridine rings is 1. The lowest BCUT2D eigenvalue weighted by molar-refractivity contribution is 0.742. The summed E-state index contributed by atoms with van der Waals surface area (Å²) in [4.78, 5) is 7.67. The van der Waals surface area contributed by atoms with Crippen LogP contribution in [0.5, 0.6) is 0 Å². The van der Waals surface area contributed by atoms with Gasteiger partial charge in [0.25, 0.3) is 0 Å². The van der Waals surface area contributed by atoms with Crippen molar-refractivity contribution >= 4 is 32.5 Å². The molecule has 2 aromatic heterocycles. The first-order valence-electron chi connectivity index (χ1n) is 5.67. The fourth-order valence-corrected chi connectivity index (χ4v) is 2.64. The number of rotatable bonds is 1. The van der Waals surface area contributed by atoms with Gasteiger partial charge in [-0.15, -0.1) is 0 Å². The van der Waals surface area contributed by atoms with Crippen molar-refractivity contribution in [2.24, 2.45) is 0 Å². The van der Waals surface area contributed by atoms with E-state index in [1.165, 1.54) is 42.2 Å². The molecule has 0 aliphatic heterocycles. The maximum absolute atomic E-state index is 4.43. The zero-order chi connectivity index (χ0) is 11.0. The van der Waals surface area contributed by atoms with Crippen molar-refractivity contribution in [1.82, 2.24) is 9.97 Å². The van der Waals surface area contributed by atoms with Gasteiger partial charge in [0.2, 0.25) is 0 Å². The second kappa shape index (κ2) is 4.06. The summed E-state index contributed by atoms with van der Waals surface area (Å²) < 4.78 is 0.881. The van der Waals surface area contributed by atoms with Crippen molar-refractivity contribution in [3.8, 4) is 0 Å². The third-order valence-corrected chi connectivity index (χ3v) is 3.58. The number of H-pyrrole nitrogens is 1. The van der Waals surface area contributed by atoms with E-state index >= 15 is 0 Å². The molecular formula is C13H13BrN2. The van der Waals surface area contributed by atoms with Gasteiger partial charge in [-0.25, -0.2) is 4.98 Å². The van der Waals surface area contributed by atoms with Crippen LogP contribution in [0.4, 0.5) is 0 Å². The SMILES string of the molecule is Brc1ccc2c(C3=CCCCC3)c[nH]c2n1. The Labute approximate surface area is 103 Å². The normalized spacial score (nSPS) is 16.4. The second-order valence-electron chi connectivity index (χ2n) is 4.21. The van der Waals surface area contributed by atoms with Gasteiger partial charge in [-0.3, -0.25) is 0 Å². The van der Waals surface area contributed by atoms with E-state index in [0.717, 1.165) is 10.3 Å². The van der Waals surface area contributed by atoms with Crippen molar-refractivity contribution in [1.29, 1.82) is 0 Å². The molecule has 2 heterocycles. The van der Waals surface area contributed by atoms with Gasteiger partial charge in [0.1, 0.15) is 10.3 Å². The maximum atomic E-state index is 4.43. The van der Waals surface area contributed by atoms with E-state index < -0.39 is 0 Å². The number of hydrogen-bond donors (Lipinski definition) is 1. The predicted octanol–water partition coefficient (Wildman–Crippen LogP) is 4.28. The first-order valence-corrected chi connectivity index (χ1v) is 6.47. The molecule has 3 rings (SSSR count). The number of nitrogens with one attached hydrogen (secondary N) is 1. The lowest BCUT2D eigenvalue weighted by Crippen LogP contribution is -1.90. The largest absolute Gasteiger partial charge is 0.345 e. The highest BCUT2D eigenvalue weighted by Gasteiger charge is 2.11. The molecule has 16 heavy (non-hydrogen) atoms. The number of fused-ring (bicyclic) bond motifs is 1. The summed E-state index contributed by atoms with van der Waals surface area (Å²) in [6.07, 6.45) is 9.50. The van der Waals surface area contributed by atoms with Crippen LogP contribution < -0.4 is 0 Å². The minimum Gasteiger partial charge on any atom is -0.345 e. The Hall–Kier alpha value is -1.09. The Morgan fingerprint density at radius 2 is 2.19 bits per heavy atom. The minimum atomic E-state index is 0.881. The first-order chi connectivity index (χ1) is 7.84. The zero-order valence-corrected chi connectivity index (χ0v) is 10.5. The predicted molar refractivity (Wildman–Crippen MR) is 70.2 cm³/mol. The van der Waals surface area contributed by atoms with Crippen LogP contribution in [0.1, 0.15) is 31.2 Å². The molecule has 1 N–H and O–H groups in total. The lowest BCUT2D eigenvalue weighted by Gasteiger charge is -2.11. The van der Waals surface area contributed by atoms with E-state index in [4.69, 9.17) is 0 Å². The number of halogens is 1. The Bertz CT molecular complexity index is 554. The molecule has 0 unspecified atom stereocenters. The van der Waals surface area contributed by atoms with E-state index in [9.17, 15) is 0 Å². The Morgan fingerprint density at radius 1 is 1.25 bits per heavy atom. The third kappa shape index (κ3) is 1.69. The van der Waals surface area contributed by atoms with Gasteiger partial charge in [0.15, 0.2) is 0 Å². The smallest absolute Gasteiger partial charge is 0.139 e. The molecule has 82 valence electrons. The molecule has 1 aliphatic rings. The van der Waals surface area contributed by atoms with E-state index in [1.54, 1.807) is 0 Å². The molecule has 1 aliphatic carbocycles. The molecule has 0 aromatic carbocycles. The summed E-state index contributed by atoms with van der Waals surface area (Å²) in [5.41, 5.74) is 3.77. The molecule has 2 nitrogen and oxygen atoms in total. The van der Waals surface area contributed by atoms with Crippen molar-refractivity contribution in [3.63, 3.8) is 0 Å². The number of aromatic nitrogens is 2. The summed E-state index contributed by atoms with van der Waals surface area (Å²) in [5.74, 6) is 0. The van der Waals surface area contributed by atoms with Gasteiger partial charge >= 0.3 is 0 Å². The van der Waals surface area contributed by atoms with Crippen LogP contribution >= 0.6 is 15.9 Å². The molecule has 2 aromatic rings. The molecule has 0 amide bonds. The summed E-state index contributed by atoms with van der Waals surface area (Å²) in [6, 6.07) is 4.14. The van der Waals surface area contributed by atoms with Crippen molar-refractivity contribution in [2.75, 3.05) is 0 Å². The highest BCUT2D eigenvalue weighted by Crippen LogP contribution is 2.31. The van der Waals surface area contributed by atoms with Crippen molar-refractivity contribution in [2.45, 2.75) is 25.7 Å². The van der Waals surface area contributed by atoms with E-state index in [-0.39, 0.29) is 0 Å². The summed E-state index contributed by atoms with van der Waals surface area (Å²) >= 11 is 3.39. The quantitative estimate of drug-likeness (QED) is 0.774. The highest BCUT2D eigenvalue weighted by atomic mass is 79.9. The van der Waals surface area contributed by atoms with Crippen LogP contribution in [-0.2, 0) is 0 Å². The minimum absolute atomic E-state index is 0.881. The fraction of sp³-hybridized carbons (Fsp3) is 0.308. The average molecular weight is 277 g/mol. The Balaban J connectivity index is 2.13. The Kier molecular flexibility index (Phi) is 2.56. The molecule has 0 saturated heterocycles. The average Bonchev–Trinajstić information content (AvgIpc) is 2.73. The highest BCUT2D eigenvalue weighted by molar-refractivity contribution is 9.10. The topological polar surface area (TPSA) is 28.7 Å². The number of hydrogen-bond acceptors (Lipinski definition) is 1. The van der Waals surface area contributed by atoms with Gasteiger partial charge in [0, 0.05) is 17.1 Å². The summed E-state index contributed by atoms with van der Waals surface area (Å²) in [6.45, 7) is 0. The van der Waals surface area contributed by atoms with Gasteiger partial charge in [-0.2, -0.15) is 0 Å². The van der Waals surface area contributed by atoms with Gasteiger partial charge in [-0.1, -0.05) is 6.08 Å². The third-order valence-electron chi connectivity index (χ3n) is 3.14. The number of aromatic amines is 1. The van der Waals surface area contributed by atoms with E-state index in [1.807, 2.05) is 6.07 Å². The van der Waals surface area contributed by atoms with Crippen molar-refractivity contribution < 1.29 is 0 Å². The molecule has 0 saturated carbocycles. The molecule has 0 spiro atoms. The van der Waals surface area contributed by atoms with Crippen LogP contribution in [0.15, 0.2) is 29.0 Å². The molecule has 0 atom stereocenters. The van der Waals surface area contributed by atoms with Crippen LogP contribution in [0, 0.1) is 0 Å². The van der Waals surface area contributed by atoms with Crippen LogP contribution in [0.3, 0.4) is 0 Å². The first kappa shape index (κ1) is 10.1. The van der Waals surface area contributed by atoms with E-state index in [0.29, 0.717) is 0 Å². The zero-order valence-electron chi connectivity index (χ0n) is 8.96. The van der Waals surface area contributed by atoms with Gasteiger partial charge in [-0.05, 0) is 59.3 Å². The molecule has 0 fully saturated rings. The summed E-state index contributed by atoms with van der Waals surface area (Å²) in [5, 5.41) is 1.23. The van der Waals surface area contributed by atoms with Crippen LogP contribution in [0.25, 0.3) is 16.6 Å². The maximum Gasteiger partial charge on any atom is 0.139 e. The summed E-state index contributed by atoms with van der Waals surface area (Å²) in [7, 11) is 0. The monoisotopic (exact) mass is 276 g/mol. The fourth-order valence-electron chi connectivity index (χ4n) is 2.33. The lowest BCUT2D eigenvalue weighted by atomic mass is 9.94. The van der Waals surface area contributed by atoms with Gasteiger partial charge in [0.05, 0.1) is 0 Å². The Morgan fingerprint density at radius 3 is 3.00 bits per heavy atom. The number of allylic oxidation sites excluding steroid dienone is 2. The van der Waals surface area contributed by atoms with Crippen LogP contribution in [-0.4, -0.2) is 9.97 Å². The standard InChI is InChI=1S/C13H13BrN2/c14-12-7-6-10-11(8-15-13(10)16-12)9-4-2-1-3-5-9/h4,6-8H,1-3,5H2,(H,15,16). The molecular weight excluding hydrogens is 264 g/mol. The number of nitrogens with zero attached hydrogens (tertiary/aromatic N) is 1. The molecule has 0 bridgehead atoms. The second-order valence-corrected chi connectivity index (χ2v) is 5.02. The van der Waals surface area contributed by atoms with Crippen molar-refractivity contribution in [3.05, 3.63) is 34.6 Å².